The Morgan fingerprint density at radius 3 is 2.48 bits per heavy atom. The van der Waals surface area contributed by atoms with E-state index in [1.165, 1.54) is 0 Å². The van der Waals surface area contributed by atoms with Gasteiger partial charge in [0.1, 0.15) is 11.5 Å². The zero-order valence-electron chi connectivity index (χ0n) is 15.0. The third-order valence-electron chi connectivity index (χ3n) is 2.63. The molecule has 6 nitrogen and oxygen atoms in total. The van der Waals surface area contributed by atoms with Crippen molar-refractivity contribution in [3.63, 3.8) is 0 Å². The normalized spacial score (nSPS) is 11.8. The van der Waals surface area contributed by atoms with E-state index in [0.29, 0.717) is 12.3 Å². The zero-order valence-corrected chi connectivity index (χ0v) is 17.8. The van der Waals surface area contributed by atoms with E-state index < -0.39 is 22.0 Å². The Kier molecular flexibility index (Phi) is 12.8. The number of anilines is 1. The van der Waals surface area contributed by atoms with Crippen molar-refractivity contribution in [1.29, 1.82) is 0 Å². The Hall–Kier alpha value is 0.690. The van der Waals surface area contributed by atoms with E-state index >= 15 is 0 Å². The molecule has 0 radical (unpaired) electrons. The van der Waals surface area contributed by atoms with E-state index in [9.17, 15) is 13.5 Å². The average Bonchev–Trinajstić information content (AvgIpc) is 2.34. The summed E-state index contributed by atoms with van der Waals surface area (Å²) >= 11 is 0. The van der Waals surface area contributed by atoms with E-state index in [2.05, 4.69) is 0 Å². The molecule has 0 aliphatic carbocycles. The van der Waals surface area contributed by atoms with Gasteiger partial charge in [-0.2, -0.15) is 8.42 Å². The van der Waals surface area contributed by atoms with Crippen LogP contribution < -0.4 is 68.8 Å². The molecule has 0 bridgehead atoms. The number of methoxy groups -OCH3 is 1. The molecule has 0 aromatic heterocycles. The molecule has 0 saturated heterocycles. The summed E-state index contributed by atoms with van der Waals surface area (Å²) in [7, 11) is -2.62. The number of nitrogens with zero attached hydrogens (tertiary/aromatic N) is 1. The van der Waals surface area contributed by atoms with Gasteiger partial charge < -0.3 is 17.6 Å². The first-order valence-corrected chi connectivity index (χ1v) is 7.49. The fourth-order valence-electron chi connectivity index (χ4n) is 1.77. The minimum Gasteiger partial charge on any atom is -1.00 e. The molecule has 2 N–H and O–H groups in total. The second kappa shape index (κ2) is 11.3. The molecule has 0 heterocycles. The van der Waals surface area contributed by atoms with Gasteiger partial charge in [0, 0.05) is 24.8 Å². The molecule has 1 atom stereocenters. The first kappa shape index (κ1) is 23.9. The Balaban J connectivity index is -0.000000451. The summed E-state index contributed by atoms with van der Waals surface area (Å²) in [4.78, 5) is 1.80. The Morgan fingerprint density at radius 1 is 1.38 bits per heavy atom. The van der Waals surface area contributed by atoms with Crippen molar-refractivity contribution in [2.75, 3.05) is 30.9 Å². The molecule has 0 fully saturated rings. The summed E-state index contributed by atoms with van der Waals surface area (Å²) in [5.74, 6) is 0.00761. The van der Waals surface area contributed by atoms with Gasteiger partial charge in [-0.25, -0.2) is 0 Å². The Bertz CT molecular complexity index is 522. The number of aliphatic hydroxyl groups excluding tert-OH is 1. The van der Waals surface area contributed by atoms with Crippen LogP contribution >= 0.6 is 0 Å². The minimum absolute atomic E-state index is 0. The summed E-state index contributed by atoms with van der Waals surface area (Å²) in [6, 6.07) is 7.24. The van der Waals surface area contributed by atoms with Crippen LogP contribution in [0.3, 0.4) is 0 Å². The predicted molar refractivity (Wildman–Crippen MR) is 75.5 cm³/mol. The van der Waals surface area contributed by atoms with Crippen molar-refractivity contribution in [2.45, 2.75) is 13.0 Å². The van der Waals surface area contributed by atoms with Gasteiger partial charge in [-0.3, -0.25) is 4.55 Å². The van der Waals surface area contributed by atoms with Crippen molar-refractivity contribution < 1.29 is 84.8 Å². The van der Waals surface area contributed by atoms with E-state index in [1.54, 1.807) is 24.1 Å². The van der Waals surface area contributed by atoms with Crippen LogP contribution in [0, 0.1) is 0 Å². The number of ether oxygens (including phenoxy) is 1. The number of likely N-dealkylation sites (N-methyl/N-ethyl adjacent to an activating group) is 1. The van der Waals surface area contributed by atoms with Gasteiger partial charge in [-0.1, -0.05) is 6.07 Å². The number of aliphatic hydroxyl groups is 1. The van der Waals surface area contributed by atoms with Gasteiger partial charge in [-0.15, -0.1) is 0 Å². The maximum absolute atomic E-state index is 10.7. The third kappa shape index (κ3) is 9.43. The average molecular weight is 337 g/mol. The van der Waals surface area contributed by atoms with E-state index in [1.807, 2.05) is 19.1 Å². The van der Waals surface area contributed by atoms with Crippen LogP contribution in [0.4, 0.5) is 5.69 Å². The smallest absolute Gasteiger partial charge is 1.00 e. The molecule has 9 heteroatoms. The molecule has 0 aliphatic heterocycles. The van der Waals surface area contributed by atoms with Crippen LogP contribution in [0.5, 0.6) is 5.75 Å². The second-order valence-corrected chi connectivity index (χ2v) is 5.64. The monoisotopic (exact) mass is 337 g/mol. The molecular formula is C12H21NNa2O5S. The fourth-order valence-corrected chi connectivity index (χ4v) is 2.37. The van der Waals surface area contributed by atoms with Gasteiger partial charge >= 0.3 is 59.1 Å². The summed E-state index contributed by atoms with van der Waals surface area (Å²) in [6.07, 6.45) is -1.15. The molecular weight excluding hydrogens is 316 g/mol. The van der Waals surface area contributed by atoms with Crippen LogP contribution in [-0.2, 0) is 10.1 Å². The maximum atomic E-state index is 10.7. The van der Waals surface area contributed by atoms with Gasteiger partial charge in [0.25, 0.3) is 10.1 Å². The molecule has 1 unspecified atom stereocenters. The minimum atomic E-state index is -4.17. The van der Waals surface area contributed by atoms with Gasteiger partial charge in [0.2, 0.25) is 0 Å². The quantitative estimate of drug-likeness (QED) is 0.383. The van der Waals surface area contributed by atoms with Crippen LogP contribution in [-0.4, -0.2) is 50.1 Å². The molecule has 0 spiro atoms. The predicted octanol–water partition coefficient (Wildman–Crippen LogP) is -5.00. The molecule has 1 aromatic carbocycles. The first-order chi connectivity index (χ1) is 8.85. The third-order valence-corrected chi connectivity index (χ3v) is 3.44. The Morgan fingerprint density at radius 2 is 2.00 bits per heavy atom. The Labute approximate surface area is 173 Å². The van der Waals surface area contributed by atoms with Crippen molar-refractivity contribution >= 4 is 15.8 Å². The van der Waals surface area contributed by atoms with Gasteiger partial charge in [-0.05, 0) is 19.1 Å². The number of rotatable bonds is 7. The van der Waals surface area contributed by atoms with Crippen LogP contribution in [0.2, 0.25) is 0 Å². The zero-order chi connectivity index (χ0) is 14.5. The topological polar surface area (TPSA) is 87.1 Å². The van der Waals surface area contributed by atoms with Crippen molar-refractivity contribution in [3.05, 3.63) is 24.3 Å². The van der Waals surface area contributed by atoms with Crippen molar-refractivity contribution in [2.24, 2.45) is 0 Å². The molecule has 0 amide bonds. The standard InChI is InChI=1S/C12H19NO5S.2Na.2H/c1-3-13(8-11(14)9-19(15,16)17)10-5-4-6-12(7-10)18-2;;;;/h4-7,11,14H,3,8-9H2,1-2H3,(H,15,16,17);;;;/q;2*+1;2*-1. The molecule has 0 aliphatic rings. The molecule has 21 heavy (non-hydrogen) atoms. The van der Waals surface area contributed by atoms with Crippen LogP contribution in [0.15, 0.2) is 24.3 Å². The first-order valence-electron chi connectivity index (χ1n) is 5.88. The number of benzene rings is 1. The van der Waals surface area contributed by atoms with Crippen LogP contribution in [0.25, 0.3) is 0 Å². The largest absolute Gasteiger partial charge is 1.00 e. The molecule has 112 valence electrons. The van der Waals surface area contributed by atoms with Gasteiger partial charge in [0.15, 0.2) is 0 Å². The second-order valence-electron chi connectivity index (χ2n) is 4.14. The maximum Gasteiger partial charge on any atom is 1.00 e. The summed E-state index contributed by atoms with van der Waals surface area (Å²) in [5.41, 5.74) is 0.816. The number of hydrogen-bond donors (Lipinski definition) is 2. The van der Waals surface area contributed by atoms with E-state index in [0.717, 1.165) is 5.69 Å². The van der Waals surface area contributed by atoms with Gasteiger partial charge in [0.05, 0.1) is 13.2 Å². The molecule has 1 rings (SSSR count). The summed E-state index contributed by atoms with van der Waals surface area (Å²) < 4.78 is 35.2. The molecule has 1 aromatic rings. The SMILES string of the molecule is CCN(CC(O)CS(=O)(=O)O)c1cccc(OC)c1.[H-].[H-].[Na+].[Na+]. The van der Waals surface area contributed by atoms with Crippen LogP contribution in [0.1, 0.15) is 9.78 Å². The fraction of sp³-hybridized carbons (Fsp3) is 0.500. The van der Waals surface area contributed by atoms with Crippen molar-refractivity contribution in [1.82, 2.24) is 0 Å². The van der Waals surface area contributed by atoms with E-state index in [-0.39, 0.29) is 68.5 Å². The summed E-state index contributed by atoms with van der Waals surface area (Å²) in [5, 5.41) is 9.66. The van der Waals surface area contributed by atoms with Crippen molar-refractivity contribution in [3.8, 4) is 5.75 Å². The van der Waals surface area contributed by atoms with E-state index in [4.69, 9.17) is 9.29 Å². The molecule has 0 saturated carbocycles. The summed E-state index contributed by atoms with van der Waals surface area (Å²) in [6.45, 7) is 2.60. The number of hydrogen-bond acceptors (Lipinski definition) is 5.